The van der Waals surface area contributed by atoms with Gasteiger partial charge in [0.2, 0.25) is 10.0 Å². The maximum absolute atomic E-state index is 13.2. The lowest BCUT2D eigenvalue weighted by molar-refractivity contribution is 0.166. The molecule has 4 rings (SSSR count). The van der Waals surface area contributed by atoms with Crippen LogP contribution in [0.15, 0.2) is 70.2 Å². The number of piperazine rings is 1. The molecule has 176 valence electrons. The summed E-state index contributed by atoms with van der Waals surface area (Å²) in [7, 11) is -2.17. The Hall–Kier alpha value is -2.88. The molecule has 1 aliphatic rings. The number of nitrogens with one attached hydrogen (secondary N) is 1. The van der Waals surface area contributed by atoms with Crippen molar-refractivity contribution in [2.45, 2.75) is 17.9 Å². The van der Waals surface area contributed by atoms with E-state index in [0.29, 0.717) is 30.2 Å². The molecule has 0 amide bonds. The number of ether oxygens (including phenoxy) is 1. The van der Waals surface area contributed by atoms with Gasteiger partial charge < -0.3 is 14.1 Å². The van der Waals surface area contributed by atoms with Gasteiger partial charge in [0.05, 0.1) is 24.3 Å². The molecular weight excluding hydrogens is 445 g/mol. The first kappa shape index (κ1) is 23.3. The van der Waals surface area contributed by atoms with Gasteiger partial charge in [-0.1, -0.05) is 0 Å². The molecule has 2 heterocycles. The molecule has 0 radical (unpaired) electrons. The molecule has 1 aliphatic heterocycles. The normalized spacial score (nSPS) is 16.0. The van der Waals surface area contributed by atoms with Gasteiger partial charge >= 0.3 is 0 Å². The van der Waals surface area contributed by atoms with Crippen LogP contribution in [0.25, 0.3) is 0 Å². The first-order chi connectivity index (χ1) is 15.9. The van der Waals surface area contributed by atoms with Crippen LogP contribution in [0.1, 0.15) is 17.4 Å². The van der Waals surface area contributed by atoms with E-state index in [1.165, 1.54) is 12.1 Å². The zero-order valence-electron chi connectivity index (χ0n) is 18.7. The van der Waals surface area contributed by atoms with Gasteiger partial charge in [0.15, 0.2) is 0 Å². The topological polar surface area (TPSA) is 75.0 Å². The number of rotatable bonds is 8. The number of anilines is 1. The Morgan fingerprint density at radius 1 is 1.09 bits per heavy atom. The fraction of sp³-hybridized carbons (Fsp3) is 0.333. The molecule has 33 heavy (non-hydrogen) atoms. The van der Waals surface area contributed by atoms with Crippen molar-refractivity contribution in [1.82, 2.24) is 9.62 Å². The average molecular weight is 474 g/mol. The molecule has 1 atom stereocenters. The molecule has 7 nitrogen and oxygen atoms in total. The summed E-state index contributed by atoms with van der Waals surface area (Å²) in [6.45, 7) is 4.84. The predicted octanol–water partition coefficient (Wildman–Crippen LogP) is 3.58. The van der Waals surface area contributed by atoms with Crippen molar-refractivity contribution in [1.29, 1.82) is 0 Å². The Morgan fingerprint density at radius 2 is 1.82 bits per heavy atom. The quantitative estimate of drug-likeness (QED) is 0.539. The predicted molar refractivity (Wildman–Crippen MR) is 125 cm³/mol. The maximum atomic E-state index is 13.2. The lowest BCUT2D eigenvalue weighted by Crippen LogP contribution is -2.49. The summed E-state index contributed by atoms with van der Waals surface area (Å²) in [6.07, 6.45) is 1.60. The van der Waals surface area contributed by atoms with E-state index >= 15 is 0 Å². The first-order valence-electron chi connectivity index (χ1n) is 10.8. The van der Waals surface area contributed by atoms with Gasteiger partial charge in [0, 0.05) is 38.4 Å². The van der Waals surface area contributed by atoms with Gasteiger partial charge in [-0.15, -0.1) is 0 Å². The third-order valence-corrected chi connectivity index (χ3v) is 7.54. The standard InChI is InChI=1S/C24H28FN3O4S/c1-18-16-21(31-2)9-10-24(18)33(29,30)26-17-22(23-4-3-15-32-23)28-13-11-27(12-14-28)20-7-5-19(25)6-8-20/h3-10,15-16,22,26H,11-14,17H2,1-2H3. The van der Waals surface area contributed by atoms with Crippen LogP contribution in [-0.2, 0) is 10.0 Å². The summed E-state index contributed by atoms with van der Waals surface area (Å²) in [5.41, 5.74) is 1.59. The zero-order chi connectivity index (χ0) is 23.4. The van der Waals surface area contributed by atoms with Crippen LogP contribution in [0.3, 0.4) is 0 Å². The molecule has 0 spiro atoms. The van der Waals surface area contributed by atoms with E-state index in [1.54, 1.807) is 56.7 Å². The van der Waals surface area contributed by atoms with Crippen molar-refractivity contribution < 1.29 is 22.0 Å². The van der Waals surface area contributed by atoms with E-state index in [-0.39, 0.29) is 23.3 Å². The minimum absolute atomic E-state index is 0.178. The summed E-state index contributed by atoms with van der Waals surface area (Å²) in [5, 5.41) is 0. The second-order valence-electron chi connectivity index (χ2n) is 8.01. The number of hydrogen-bond acceptors (Lipinski definition) is 6. The zero-order valence-corrected chi connectivity index (χ0v) is 19.5. The first-order valence-corrected chi connectivity index (χ1v) is 12.3. The van der Waals surface area contributed by atoms with Crippen LogP contribution in [0.5, 0.6) is 5.75 Å². The van der Waals surface area contributed by atoms with Crippen LogP contribution in [0.2, 0.25) is 0 Å². The summed E-state index contributed by atoms with van der Waals surface area (Å²) >= 11 is 0. The summed E-state index contributed by atoms with van der Waals surface area (Å²) in [5.74, 6) is 1.06. The van der Waals surface area contributed by atoms with Crippen molar-refractivity contribution in [3.63, 3.8) is 0 Å². The highest BCUT2D eigenvalue weighted by Crippen LogP contribution is 2.26. The van der Waals surface area contributed by atoms with E-state index in [2.05, 4.69) is 14.5 Å². The summed E-state index contributed by atoms with van der Waals surface area (Å²) in [6, 6.07) is 14.8. The summed E-state index contributed by atoms with van der Waals surface area (Å²) < 4.78 is 52.9. The molecule has 0 saturated carbocycles. The number of nitrogens with zero attached hydrogens (tertiary/aromatic N) is 2. The number of sulfonamides is 1. The second kappa shape index (κ2) is 9.94. The molecule has 9 heteroatoms. The van der Waals surface area contributed by atoms with E-state index in [0.717, 1.165) is 18.8 Å². The molecular formula is C24H28FN3O4S. The van der Waals surface area contributed by atoms with Crippen molar-refractivity contribution in [3.05, 3.63) is 78.0 Å². The number of hydrogen-bond donors (Lipinski definition) is 1. The molecule has 3 aromatic rings. The van der Waals surface area contributed by atoms with Crippen LogP contribution in [-0.4, -0.2) is 53.2 Å². The molecule has 1 unspecified atom stereocenters. The molecule has 2 aromatic carbocycles. The molecule has 1 aromatic heterocycles. The largest absolute Gasteiger partial charge is 0.497 e. The van der Waals surface area contributed by atoms with Crippen molar-refractivity contribution >= 4 is 15.7 Å². The monoisotopic (exact) mass is 473 g/mol. The van der Waals surface area contributed by atoms with E-state index < -0.39 is 10.0 Å². The van der Waals surface area contributed by atoms with Crippen molar-refractivity contribution in [3.8, 4) is 5.75 Å². The highest BCUT2D eigenvalue weighted by atomic mass is 32.2. The number of furan rings is 1. The third-order valence-electron chi connectivity index (χ3n) is 5.96. The number of halogens is 1. The smallest absolute Gasteiger partial charge is 0.240 e. The van der Waals surface area contributed by atoms with E-state index in [1.807, 2.05) is 6.07 Å². The molecule has 1 saturated heterocycles. The molecule has 0 bridgehead atoms. The Balaban J connectivity index is 1.46. The Bertz CT molecular complexity index is 1160. The van der Waals surface area contributed by atoms with Crippen LogP contribution >= 0.6 is 0 Å². The van der Waals surface area contributed by atoms with Crippen LogP contribution < -0.4 is 14.4 Å². The van der Waals surface area contributed by atoms with Crippen LogP contribution in [0.4, 0.5) is 10.1 Å². The maximum Gasteiger partial charge on any atom is 0.240 e. The second-order valence-corrected chi connectivity index (χ2v) is 9.75. The highest BCUT2D eigenvalue weighted by Gasteiger charge is 2.29. The molecule has 1 fully saturated rings. The Labute approximate surface area is 193 Å². The van der Waals surface area contributed by atoms with Gasteiger partial charge in [-0.25, -0.2) is 17.5 Å². The number of benzene rings is 2. The van der Waals surface area contributed by atoms with Crippen molar-refractivity contribution in [2.24, 2.45) is 0 Å². The van der Waals surface area contributed by atoms with Crippen LogP contribution in [0, 0.1) is 12.7 Å². The number of aryl methyl sites for hydroxylation is 1. The minimum Gasteiger partial charge on any atom is -0.497 e. The van der Waals surface area contributed by atoms with E-state index in [4.69, 9.17) is 9.15 Å². The lowest BCUT2D eigenvalue weighted by atomic mass is 10.1. The fourth-order valence-electron chi connectivity index (χ4n) is 4.15. The van der Waals surface area contributed by atoms with Gasteiger partial charge in [-0.05, 0) is 67.1 Å². The Kier molecular flexibility index (Phi) is 7.02. The minimum atomic E-state index is -3.72. The van der Waals surface area contributed by atoms with Crippen molar-refractivity contribution in [2.75, 3.05) is 44.7 Å². The number of methoxy groups -OCH3 is 1. The van der Waals surface area contributed by atoms with Gasteiger partial charge in [-0.3, -0.25) is 4.90 Å². The molecule has 0 aliphatic carbocycles. The third kappa shape index (κ3) is 5.38. The highest BCUT2D eigenvalue weighted by molar-refractivity contribution is 7.89. The van der Waals surface area contributed by atoms with Gasteiger partial charge in [-0.2, -0.15) is 0 Å². The van der Waals surface area contributed by atoms with E-state index in [9.17, 15) is 12.8 Å². The fourth-order valence-corrected chi connectivity index (χ4v) is 5.41. The summed E-state index contributed by atoms with van der Waals surface area (Å²) in [4.78, 5) is 4.63. The Morgan fingerprint density at radius 3 is 2.42 bits per heavy atom. The van der Waals surface area contributed by atoms with Gasteiger partial charge in [0.25, 0.3) is 0 Å². The van der Waals surface area contributed by atoms with Gasteiger partial charge in [0.1, 0.15) is 17.3 Å². The lowest BCUT2D eigenvalue weighted by Gasteiger charge is -2.39. The SMILES string of the molecule is COc1ccc(S(=O)(=O)NCC(c2ccco2)N2CCN(c3ccc(F)cc3)CC2)c(C)c1. The molecule has 1 N–H and O–H groups in total. The average Bonchev–Trinajstić information content (AvgIpc) is 3.34.